The van der Waals surface area contributed by atoms with Crippen molar-refractivity contribution in [3.05, 3.63) is 18.2 Å². The maximum absolute atomic E-state index is 11.1. The third-order valence-electron chi connectivity index (χ3n) is 2.04. The summed E-state index contributed by atoms with van der Waals surface area (Å²) in [5.74, 6) is 0.305. The van der Waals surface area contributed by atoms with Crippen LogP contribution in [0.25, 0.3) is 0 Å². The van der Waals surface area contributed by atoms with Crippen molar-refractivity contribution in [2.24, 2.45) is 0 Å². The first-order valence-corrected chi connectivity index (χ1v) is 5.29. The van der Waals surface area contributed by atoms with E-state index in [1.165, 1.54) is 0 Å². The molecule has 0 fully saturated rings. The fraction of sp³-hybridized carbons (Fsp3) is 0.200. The summed E-state index contributed by atoms with van der Waals surface area (Å²) in [6.07, 6.45) is 0. The molecule has 6 heteroatoms. The Bertz CT molecular complexity index is 448. The lowest BCUT2D eigenvalue weighted by Crippen LogP contribution is -2.25. The van der Waals surface area contributed by atoms with Crippen molar-refractivity contribution < 1.29 is 14.3 Å². The van der Waals surface area contributed by atoms with Crippen LogP contribution in [0.4, 0.5) is 11.4 Å². The zero-order valence-electron chi connectivity index (χ0n) is 8.32. The Labute approximate surface area is 97.6 Å². The standard InChI is InChI=1S/C10H10N2O3S/c13-9-4-15-8-2-1-6(3-7(8)12-9)11-10(14)5-16/h1-3,16H,4-5H2,(H,11,14)(H,12,13). The summed E-state index contributed by atoms with van der Waals surface area (Å²) in [7, 11) is 0. The highest BCUT2D eigenvalue weighted by molar-refractivity contribution is 7.81. The highest BCUT2D eigenvalue weighted by atomic mass is 32.1. The van der Waals surface area contributed by atoms with Crippen LogP contribution in [-0.4, -0.2) is 24.2 Å². The van der Waals surface area contributed by atoms with Gasteiger partial charge in [-0.2, -0.15) is 12.6 Å². The number of fused-ring (bicyclic) bond motifs is 1. The Kier molecular flexibility index (Phi) is 3.00. The van der Waals surface area contributed by atoms with Crippen molar-refractivity contribution in [1.82, 2.24) is 0 Å². The maximum Gasteiger partial charge on any atom is 0.262 e. The highest BCUT2D eigenvalue weighted by Crippen LogP contribution is 2.30. The maximum atomic E-state index is 11.1. The predicted octanol–water partition coefficient (Wildman–Crippen LogP) is 0.886. The molecule has 2 amide bonds. The van der Waals surface area contributed by atoms with E-state index in [2.05, 4.69) is 23.3 Å². The molecule has 1 aliphatic heterocycles. The number of hydrogen-bond acceptors (Lipinski definition) is 4. The number of amides is 2. The second-order valence-corrected chi connectivity index (χ2v) is 3.57. The number of carbonyl (C=O) groups is 2. The molecule has 84 valence electrons. The number of benzene rings is 1. The molecule has 0 saturated carbocycles. The minimum absolute atomic E-state index is 0.0232. The number of hydrogen-bond donors (Lipinski definition) is 3. The van der Waals surface area contributed by atoms with Crippen LogP contribution >= 0.6 is 12.6 Å². The van der Waals surface area contributed by atoms with E-state index in [1.54, 1.807) is 18.2 Å². The second kappa shape index (κ2) is 4.44. The van der Waals surface area contributed by atoms with Gasteiger partial charge in [0.25, 0.3) is 5.91 Å². The average Bonchev–Trinajstić information content (AvgIpc) is 2.28. The van der Waals surface area contributed by atoms with Crippen LogP contribution in [0.1, 0.15) is 0 Å². The van der Waals surface area contributed by atoms with Crippen molar-refractivity contribution in [1.29, 1.82) is 0 Å². The Morgan fingerprint density at radius 3 is 3.12 bits per heavy atom. The van der Waals surface area contributed by atoms with Crippen molar-refractivity contribution in [2.45, 2.75) is 0 Å². The molecule has 1 heterocycles. The molecule has 0 aromatic heterocycles. The minimum Gasteiger partial charge on any atom is -0.482 e. The van der Waals surface area contributed by atoms with Gasteiger partial charge in [-0.15, -0.1) is 0 Å². The molecule has 0 saturated heterocycles. The first-order chi connectivity index (χ1) is 7.69. The molecule has 0 spiro atoms. The zero-order valence-corrected chi connectivity index (χ0v) is 9.21. The van der Waals surface area contributed by atoms with Gasteiger partial charge in [0.1, 0.15) is 5.75 Å². The van der Waals surface area contributed by atoms with Gasteiger partial charge in [-0.05, 0) is 18.2 Å². The van der Waals surface area contributed by atoms with E-state index in [-0.39, 0.29) is 24.2 Å². The lowest BCUT2D eigenvalue weighted by Gasteiger charge is -2.18. The third kappa shape index (κ3) is 2.27. The SMILES string of the molecule is O=C(CS)Nc1ccc2c(c1)NC(=O)CO2. The first kappa shape index (κ1) is 10.8. The van der Waals surface area contributed by atoms with Gasteiger partial charge in [0.2, 0.25) is 5.91 Å². The van der Waals surface area contributed by atoms with Crippen LogP contribution in [0.3, 0.4) is 0 Å². The van der Waals surface area contributed by atoms with Crippen molar-refractivity contribution in [3.8, 4) is 5.75 Å². The van der Waals surface area contributed by atoms with Gasteiger partial charge < -0.3 is 15.4 Å². The Balaban J connectivity index is 2.21. The zero-order chi connectivity index (χ0) is 11.5. The van der Waals surface area contributed by atoms with E-state index < -0.39 is 0 Å². The van der Waals surface area contributed by atoms with E-state index in [0.717, 1.165) is 0 Å². The van der Waals surface area contributed by atoms with Crippen LogP contribution in [-0.2, 0) is 9.59 Å². The number of nitrogens with one attached hydrogen (secondary N) is 2. The molecule has 0 aliphatic carbocycles. The van der Waals surface area contributed by atoms with Gasteiger partial charge >= 0.3 is 0 Å². The van der Waals surface area contributed by atoms with Crippen LogP contribution < -0.4 is 15.4 Å². The summed E-state index contributed by atoms with van der Waals surface area (Å²) in [6.45, 7) is 0.0232. The van der Waals surface area contributed by atoms with E-state index in [4.69, 9.17) is 4.74 Å². The summed E-state index contributed by atoms with van der Waals surface area (Å²) in [4.78, 5) is 22.2. The predicted molar refractivity (Wildman–Crippen MR) is 63.0 cm³/mol. The summed E-state index contributed by atoms with van der Waals surface area (Å²) < 4.78 is 5.18. The summed E-state index contributed by atoms with van der Waals surface area (Å²) in [6, 6.07) is 5.05. The Hall–Kier alpha value is -1.69. The van der Waals surface area contributed by atoms with Crippen LogP contribution in [0.5, 0.6) is 5.75 Å². The molecule has 0 atom stereocenters. The molecule has 2 rings (SSSR count). The van der Waals surface area contributed by atoms with Crippen LogP contribution in [0.15, 0.2) is 18.2 Å². The van der Waals surface area contributed by atoms with E-state index in [9.17, 15) is 9.59 Å². The smallest absolute Gasteiger partial charge is 0.262 e. The van der Waals surface area contributed by atoms with E-state index in [0.29, 0.717) is 17.1 Å². The highest BCUT2D eigenvalue weighted by Gasteiger charge is 2.16. The van der Waals surface area contributed by atoms with Gasteiger partial charge in [0.05, 0.1) is 11.4 Å². The molecular weight excluding hydrogens is 228 g/mol. The van der Waals surface area contributed by atoms with Crippen LogP contribution in [0, 0.1) is 0 Å². The lowest BCUT2D eigenvalue weighted by atomic mass is 10.2. The second-order valence-electron chi connectivity index (χ2n) is 3.25. The van der Waals surface area contributed by atoms with E-state index in [1.807, 2.05) is 0 Å². The molecular formula is C10H10N2O3S. The third-order valence-corrected chi connectivity index (χ3v) is 2.33. The summed E-state index contributed by atoms with van der Waals surface area (Å²) in [5.41, 5.74) is 1.16. The van der Waals surface area contributed by atoms with Crippen molar-refractivity contribution in [2.75, 3.05) is 23.0 Å². The monoisotopic (exact) mass is 238 g/mol. The Morgan fingerprint density at radius 2 is 2.38 bits per heavy atom. The summed E-state index contributed by atoms with van der Waals surface area (Å²) in [5, 5.41) is 5.29. The molecule has 0 unspecified atom stereocenters. The molecule has 0 radical (unpaired) electrons. The number of carbonyl (C=O) groups excluding carboxylic acids is 2. The number of rotatable bonds is 2. The summed E-state index contributed by atoms with van der Waals surface area (Å²) >= 11 is 3.85. The molecule has 16 heavy (non-hydrogen) atoms. The lowest BCUT2D eigenvalue weighted by molar-refractivity contribution is -0.118. The number of ether oxygens (including phenoxy) is 1. The van der Waals surface area contributed by atoms with Gasteiger partial charge in [-0.25, -0.2) is 0 Å². The van der Waals surface area contributed by atoms with Crippen molar-refractivity contribution in [3.63, 3.8) is 0 Å². The van der Waals surface area contributed by atoms with Gasteiger partial charge in [0.15, 0.2) is 6.61 Å². The average molecular weight is 238 g/mol. The molecule has 2 N–H and O–H groups in total. The molecule has 5 nitrogen and oxygen atoms in total. The van der Waals surface area contributed by atoms with Gasteiger partial charge in [-0.1, -0.05) is 0 Å². The van der Waals surface area contributed by atoms with Gasteiger partial charge in [-0.3, -0.25) is 9.59 Å². The first-order valence-electron chi connectivity index (χ1n) is 4.66. The largest absolute Gasteiger partial charge is 0.482 e. The van der Waals surface area contributed by atoms with E-state index >= 15 is 0 Å². The number of anilines is 2. The molecule has 1 aromatic carbocycles. The van der Waals surface area contributed by atoms with Crippen molar-refractivity contribution >= 4 is 35.8 Å². The molecule has 0 bridgehead atoms. The quantitative estimate of drug-likeness (QED) is 0.670. The molecule has 1 aliphatic rings. The normalized spacial score (nSPS) is 13.4. The fourth-order valence-electron chi connectivity index (χ4n) is 1.36. The Morgan fingerprint density at radius 1 is 1.56 bits per heavy atom. The topological polar surface area (TPSA) is 67.4 Å². The van der Waals surface area contributed by atoms with Crippen LogP contribution in [0.2, 0.25) is 0 Å². The number of thiol groups is 1. The van der Waals surface area contributed by atoms with Gasteiger partial charge in [0, 0.05) is 5.69 Å². The fourth-order valence-corrected chi connectivity index (χ4v) is 1.44. The minimum atomic E-state index is -0.204. The molecule has 1 aromatic rings.